The third kappa shape index (κ3) is 1.44. The predicted molar refractivity (Wildman–Crippen MR) is 48.0 cm³/mol. The number of allylic oxidation sites excluding steroid dienone is 1. The highest BCUT2D eigenvalue weighted by molar-refractivity contribution is 5.90. The minimum atomic E-state index is 0.187. The molecule has 0 amide bonds. The summed E-state index contributed by atoms with van der Waals surface area (Å²) >= 11 is 0. The van der Waals surface area contributed by atoms with Crippen molar-refractivity contribution in [2.75, 3.05) is 6.54 Å². The topological polar surface area (TPSA) is 29.1 Å². The molecule has 1 aliphatic carbocycles. The van der Waals surface area contributed by atoms with Gasteiger partial charge < -0.3 is 5.32 Å². The molecule has 66 valence electrons. The monoisotopic (exact) mass is 165 g/mol. The molecule has 2 aliphatic rings. The summed E-state index contributed by atoms with van der Waals surface area (Å²) in [4.78, 5) is 11.0. The summed E-state index contributed by atoms with van der Waals surface area (Å²) in [7, 11) is 0. The molecule has 0 radical (unpaired) electrons. The van der Waals surface area contributed by atoms with Gasteiger partial charge >= 0.3 is 0 Å². The number of rotatable bonds is 0. The normalized spacial score (nSPS) is 35.8. The van der Waals surface area contributed by atoms with Crippen LogP contribution in [0.3, 0.4) is 0 Å². The third-order valence-corrected chi connectivity index (χ3v) is 2.93. The predicted octanol–water partition coefficient (Wildman–Crippen LogP) is 1.42. The van der Waals surface area contributed by atoms with E-state index in [0.29, 0.717) is 0 Å². The summed E-state index contributed by atoms with van der Waals surface area (Å²) < 4.78 is 0. The molecule has 1 aliphatic heterocycles. The van der Waals surface area contributed by atoms with Crippen molar-refractivity contribution in [1.82, 2.24) is 5.32 Å². The maximum Gasteiger partial charge on any atom is 0.155 e. The third-order valence-electron chi connectivity index (χ3n) is 2.93. The first-order valence-electron chi connectivity index (χ1n) is 4.78. The molecular formula is C10H15NO. The smallest absolute Gasteiger partial charge is 0.155 e. The zero-order valence-corrected chi connectivity index (χ0v) is 7.31. The van der Waals surface area contributed by atoms with Crippen LogP contribution in [0.2, 0.25) is 0 Å². The van der Waals surface area contributed by atoms with E-state index in [1.165, 1.54) is 19.3 Å². The average molecular weight is 165 g/mol. The van der Waals surface area contributed by atoms with E-state index in [0.717, 1.165) is 19.4 Å². The van der Waals surface area contributed by atoms with E-state index < -0.39 is 0 Å². The van der Waals surface area contributed by atoms with Gasteiger partial charge in [-0.2, -0.15) is 0 Å². The number of piperidine rings is 1. The lowest BCUT2D eigenvalue weighted by Gasteiger charge is -2.37. The number of hydrogen-bond donors (Lipinski definition) is 1. The Hall–Kier alpha value is -0.630. The molecule has 1 atom stereocenters. The summed E-state index contributed by atoms with van der Waals surface area (Å²) in [5, 5.41) is 3.52. The Morgan fingerprint density at radius 1 is 1.33 bits per heavy atom. The molecule has 1 spiro atoms. The van der Waals surface area contributed by atoms with E-state index >= 15 is 0 Å². The van der Waals surface area contributed by atoms with Crippen LogP contribution < -0.4 is 5.32 Å². The molecule has 0 saturated carbocycles. The van der Waals surface area contributed by atoms with Gasteiger partial charge in [0.1, 0.15) is 0 Å². The molecule has 1 fully saturated rings. The number of carbonyl (C=O) groups excluding carboxylic acids is 1. The molecule has 2 nitrogen and oxygen atoms in total. The zero-order chi connectivity index (χ0) is 8.44. The van der Waals surface area contributed by atoms with Crippen LogP contribution in [0.25, 0.3) is 0 Å². The van der Waals surface area contributed by atoms with Crippen molar-refractivity contribution in [2.24, 2.45) is 0 Å². The Morgan fingerprint density at radius 2 is 2.25 bits per heavy atom. The lowest BCUT2D eigenvalue weighted by Crippen LogP contribution is -2.48. The number of ketones is 1. The summed E-state index contributed by atoms with van der Waals surface area (Å²) in [5.74, 6) is 0.285. The molecule has 2 rings (SSSR count). The molecule has 0 aromatic carbocycles. The van der Waals surface area contributed by atoms with Gasteiger partial charge in [0.05, 0.1) is 0 Å². The summed E-state index contributed by atoms with van der Waals surface area (Å²) in [6, 6.07) is 0. The van der Waals surface area contributed by atoms with Gasteiger partial charge in [0.15, 0.2) is 5.78 Å². The van der Waals surface area contributed by atoms with E-state index in [9.17, 15) is 4.79 Å². The Kier molecular flexibility index (Phi) is 2.01. The van der Waals surface area contributed by atoms with Crippen molar-refractivity contribution >= 4 is 5.78 Å². The van der Waals surface area contributed by atoms with Crippen LogP contribution in [0.15, 0.2) is 12.2 Å². The molecular weight excluding hydrogens is 150 g/mol. The second kappa shape index (κ2) is 3.02. The Bertz CT molecular complexity index is 214. The molecule has 0 aromatic rings. The first kappa shape index (κ1) is 7.99. The highest BCUT2D eigenvalue weighted by Crippen LogP contribution is 2.28. The fraction of sp³-hybridized carbons (Fsp3) is 0.700. The van der Waals surface area contributed by atoms with Crippen molar-refractivity contribution in [3.05, 3.63) is 12.2 Å². The van der Waals surface area contributed by atoms with Crippen LogP contribution in [-0.4, -0.2) is 17.9 Å². The van der Waals surface area contributed by atoms with Gasteiger partial charge in [-0.15, -0.1) is 0 Å². The van der Waals surface area contributed by atoms with E-state index in [4.69, 9.17) is 0 Å². The Labute approximate surface area is 73.0 Å². The van der Waals surface area contributed by atoms with Crippen LogP contribution in [0.1, 0.15) is 32.1 Å². The van der Waals surface area contributed by atoms with Crippen molar-refractivity contribution in [3.63, 3.8) is 0 Å². The van der Waals surface area contributed by atoms with Gasteiger partial charge in [0.2, 0.25) is 0 Å². The van der Waals surface area contributed by atoms with Gasteiger partial charge in [-0.25, -0.2) is 0 Å². The first-order chi connectivity index (χ1) is 5.81. The number of hydrogen-bond acceptors (Lipinski definition) is 2. The van der Waals surface area contributed by atoms with Gasteiger partial charge in [-0.1, -0.05) is 12.5 Å². The second-order valence-corrected chi connectivity index (χ2v) is 3.84. The van der Waals surface area contributed by atoms with Crippen molar-refractivity contribution in [1.29, 1.82) is 0 Å². The van der Waals surface area contributed by atoms with Crippen LogP contribution in [0, 0.1) is 0 Å². The fourth-order valence-corrected chi connectivity index (χ4v) is 2.11. The van der Waals surface area contributed by atoms with Crippen LogP contribution in [0.5, 0.6) is 0 Å². The summed E-state index contributed by atoms with van der Waals surface area (Å²) in [5.41, 5.74) is 0.187. The van der Waals surface area contributed by atoms with Crippen LogP contribution >= 0.6 is 0 Å². The van der Waals surface area contributed by atoms with Crippen LogP contribution in [0.4, 0.5) is 0 Å². The molecule has 1 unspecified atom stereocenters. The largest absolute Gasteiger partial charge is 0.308 e. The average Bonchev–Trinajstić information content (AvgIpc) is 2.13. The minimum absolute atomic E-state index is 0.187. The number of nitrogens with one attached hydrogen (secondary N) is 1. The fourth-order valence-electron chi connectivity index (χ4n) is 2.11. The standard InChI is InChI=1S/C10H15NO/c12-9-3-6-10(7-4-9)5-1-2-8-11-10/h3,6,11H,1-2,4-5,7-8H2. The number of carbonyl (C=O) groups is 1. The highest BCUT2D eigenvalue weighted by Gasteiger charge is 2.31. The van der Waals surface area contributed by atoms with Gasteiger partial charge in [0, 0.05) is 12.0 Å². The molecule has 1 saturated heterocycles. The molecule has 1 heterocycles. The minimum Gasteiger partial charge on any atom is -0.308 e. The molecule has 0 bridgehead atoms. The van der Waals surface area contributed by atoms with Crippen molar-refractivity contribution in [3.8, 4) is 0 Å². The quantitative estimate of drug-likeness (QED) is 0.588. The molecule has 12 heavy (non-hydrogen) atoms. The van der Waals surface area contributed by atoms with E-state index in [2.05, 4.69) is 11.4 Å². The lowest BCUT2D eigenvalue weighted by atomic mass is 9.81. The van der Waals surface area contributed by atoms with Gasteiger partial charge in [-0.05, 0) is 31.9 Å². The Morgan fingerprint density at radius 3 is 2.83 bits per heavy atom. The molecule has 0 aromatic heterocycles. The first-order valence-corrected chi connectivity index (χ1v) is 4.78. The van der Waals surface area contributed by atoms with Crippen LogP contribution in [-0.2, 0) is 4.79 Å². The Balaban J connectivity index is 2.10. The van der Waals surface area contributed by atoms with E-state index in [1.54, 1.807) is 6.08 Å². The zero-order valence-electron chi connectivity index (χ0n) is 7.31. The van der Waals surface area contributed by atoms with E-state index in [1.807, 2.05) is 0 Å². The maximum atomic E-state index is 11.0. The molecule has 2 heteroatoms. The second-order valence-electron chi connectivity index (χ2n) is 3.84. The SMILES string of the molecule is O=C1C=CC2(CCCCN2)CC1. The highest BCUT2D eigenvalue weighted by atomic mass is 16.1. The van der Waals surface area contributed by atoms with Crippen molar-refractivity contribution in [2.45, 2.75) is 37.6 Å². The van der Waals surface area contributed by atoms with E-state index in [-0.39, 0.29) is 11.3 Å². The maximum absolute atomic E-state index is 11.0. The lowest BCUT2D eigenvalue weighted by molar-refractivity contribution is -0.115. The van der Waals surface area contributed by atoms with Gasteiger partial charge in [0.25, 0.3) is 0 Å². The molecule has 1 N–H and O–H groups in total. The van der Waals surface area contributed by atoms with Gasteiger partial charge in [-0.3, -0.25) is 4.79 Å². The summed E-state index contributed by atoms with van der Waals surface area (Å²) in [6.07, 6.45) is 9.34. The summed E-state index contributed by atoms with van der Waals surface area (Å²) in [6.45, 7) is 1.11. The van der Waals surface area contributed by atoms with Crippen molar-refractivity contribution < 1.29 is 4.79 Å².